The van der Waals surface area contributed by atoms with Gasteiger partial charge >= 0.3 is 0 Å². The summed E-state index contributed by atoms with van der Waals surface area (Å²) in [6, 6.07) is 57.2. The molecule has 0 fully saturated rings. The van der Waals surface area contributed by atoms with E-state index in [4.69, 9.17) is 9.47 Å². The lowest BCUT2D eigenvalue weighted by Gasteiger charge is -2.26. The third-order valence-corrected chi connectivity index (χ3v) is 11.0. The molecule has 2 aliphatic carbocycles. The molecule has 0 radical (unpaired) electrons. The summed E-state index contributed by atoms with van der Waals surface area (Å²) in [5.41, 5.74) is 14.7. The SMILES string of the molecule is COc1c2c(c3ccccc3c1-c1c(OC)c3c(c4ccccc14)-c1ccccc1[C@@H]3c1ccccc1)-c1ccccc1[C@H]2c1ccccc1. The number of fused-ring (bicyclic) bond motifs is 10. The van der Waals surface area contributed by atoms with Crippen LogP contribution in [0, 0.1) is 0 Å². The van der Waals surface area contributed by atoms with Crippen molar-refractivity contribution in [3.05, 3.63) is 191 Å². The summed E-state index contributed by atoms with van der Waals surface area (Å²) in [4.78, 5) is 0. The molecule has 2 aliphatic rings. The molecular formula is C48H34O2. The van der Waals surface area contributed by atoms with Gasteiger partial charge in [0.25, 0.3) is 0 Å². The van der Waals surface area contributed by atoms with Crippen molar-refractivity contribution in [2.24, 2.45) is 0 Å². The van der Waals surface area contributed by atoms with Crippen molar-refractivity contribution in [1.29, 1.82) is 0 Å². The number of rotatable bonds is 5. The molecule has 50 heavy (non-hydrogen) atoms. The number of hydrogen-bond donors (Lipinski definition) is 0. The average molecular weight is 643 g/mol. The van der Waals surface area contributed by atoms with Crippen LogP contribution in [0.3, 0.4) is 0 Å². The fourth-order valence-electron chi connectivity index (χ4n) is 9.17. The Hall–Kier alpha value is -6.12. The zero-order chi connectivity index (χ0) is 33.3. The zero-order valence-electron chi connectivity index (χ0n) is 28.0. The molecule has 0 heterocycles. The minimum atomic E-state index is 0.0220. The first-order chi connectivity index (χ1) is 24.8. The molecule has 2 nitrogen and oxygen atoms in total. The monoisotopic (exact) mass is 642 g/mol. The van der Waals surface area contributed by atoms with Gasteiger partial charge in [-0.05, 0) is 66.1 Å². The minimum absolute atomic E-state index is 0.0220. The summed E-state index contributed by atoms with van der Waals surface area (Å²) < 4.78 is 13.4. The highest BCUT2D eigenvalue weighted by atomic mass is 16.5. The molecule has 238 valence electrons. The quantitative estimate of drug-likeness (QED) is 0.186. The first-order valence-electron chi connectivity index (χ1n) is 17.3. The van der Waals surface area contributed by atoms with Crippen LogP contribution in [-0.2, 0) is 0 Å². The van der Waals surface area contributed by atoms with Crippen molar-refractivity contribution in [2.75, 3.05) is 14.2 Å². The third kappa shape index (κ3) is 3.90. The molecule has 8 aromatic rings. The molecule has 0 aromatic heterocycles. The maximum atomic E-state index is 6.72. The summed E-state index contributed by atoms with van der Waals surface area (Å²) >= 11 is 0. The second-order valence-electron chi connectivity index (χ2n) is 13.3. The summed E-state index contributed by atoms with van der Waals surface area (Å²) in [6.45, 7) is 0. The van der Waals surface area contributed by atoms with Crippen molar-refractivity contribution in [3.63, 3.8) is 0 Å². The van der Waals surface area contributed by atoms with Gasteiger partial charge in [0.15, 0.2) is 0 Å². The second-order valence-corrected chi connectivity index (χ2v) is 13.3. The van der Waals surface area contributed by atoms with E-state index in [0.717, 1.165) is 33.4 Å². The Bertz CT molecular complexity index is 2440. The first kappa shape index (κ1) is 28.9. The van der Waals surface area contributed by atoms with Crippen molar-refractivity contribution < 1.29 is 9.47 Å². The Balaban J connectivity index is 1.40. The molecule has 0 amide bonds. The molecule has 0 unspecified atom stereocenters. The van der Waals surface area contributed by atoms with Crippen molar-refractivity contribution in [2.45, 2.75) is 11.8 Å². The lowest BCUT2D eigenvalue weighted by Crippen LogP contribution is -2.06. The molecule has 8 aromatic carbocycles. The highest BCUT2D eigenvalue weighted by Crippen LogP contribution is 2.62. The Morgan fingerprint density at radius 1 is 0.340 bits per heavy atom. The molecule has 2 heteroatoms. The normalized spacial score (nSPS) is 15.4. The van der Waals surface area contributed by atoms with E-state index >= 15 is 0 Å². The standard InChI is InChI=1S/C48H34O2/c1-49-47-43(37-27-15-13-25-35(37)41-33-23-11-9-21-31(33)39(45(41)47)29-17-5-3-6-18-29)44-38-28-16-14-26-36(38)42-34-24-12-10-22-32(34)40(46(42)48(44)50-2)30-19-7-4-8-20-30/h3-28,39-40H,1-2H3/t39-,40+. The van der Waals surface area contributed by atoms with E-state index in [1.807, 2.05) is 14.2 Å². The van der Waals surface area contributed by atoms with Crippen molar-refractivity contribution in [3.8, 4) is 44.9 Å². The average Bonchev–Trinajstić information content (AvgIpc) is 3.72. The molecule has 10 rings (SSSR count). The van der Waals surface area contributed by atoms with Gasteiger partial charge in [-0.2, -0.15) is 0 Å². The Morgan fingerprint density at radius 2 is 0.660 bits per heavy atom. The Morgan fingerprint density at radius 3 is 1.04 bits per heavy atom. The van der Waals surface area contributed by atoms with Crippen LogP contribution in [0.15, 0.2) is 158 Å². The lowest BCUT2D eigenvalue weighted by molar-refractivity contribution is 0.406. The molecule has 2 atom stereocenters. The van der Waals surface area contributed by atoms with Crippen molar-refractivity contribution in [1.82, 2.24) is 0 Å². The van der Waals surface area contributed by atoms with Gasteiger partial charge < -0.3 is 9.47 Å². The number of hydrogen-bond acceptors (Lipinski definition) is 2. The van der Waals surface area contributed by atoms with Gasteiger partial charge in [0.05, 0.1) is 14.2 Å². The summed E-state index contributed by atoms with van der Waals surface area (Å²) in [5.74, 6) is 1.85. The fourth-order valence-corrected chi connectivity index (χ4v) is 9.17. The van der Waals surface area contributed by atoms with E-state index in [0.29, 0.717) is 0 Å². The molecule has 0 spiro atoms. The maximum Gasteiger partial charge on any atom is 0.132 e. The summed E-state index contributed by atoms with van der Waals surface area (Å²) in [6.07, 6.45) is 0. The molecule has 0 N–H and O–H groups in total. The van der Waals surface area contributed by atoms with E-state index in [-0.39, 0.29) is 11.8 Å². The van der Waals surface area contributed by atoms with Gasteiger partial charge in [-0.1, -0.05) is 158 Å². The Kier molecular flexibility index (Phi) is 6.47. The highest BCUT2D eigenvalue weighted by Gasteiger charge is 2.40. The van der Waals surface area contributed by atoms with Crippen LogP contribution in [0.25, 0.3) is 54.9 Å². The van der Waals surface area contributed by atoms with E-state index in [2.05, 4.69) is 158 Å². The van der Waals surface area contributed by atoms with Crippen LogP contribution in [-0.4, -0.2) is 14.2 Å². The van der Waals surface area contributed by atoms with Crippen molar-refractivity contribution >= 4 is 21.5 Å². The highest BCUT2D eigenvalue weighted by molar-refractivity contribution is 6.19. The van der Waals surface area contributed by atoms with E-state index in [1.54, 1.807) is 0 Å². The van der Waals surface area contributed by atoms with Crippen LogP contribution >= 0.6 is 0 Å². The summed E-state index contributed by atoms with van der Waals surface area (Å²) in [7, 11) is 3.67. The molecule has 0 bridgehead atoms. The predicted molar refractivity (Wildman–Crippen MR) is 206 cm³/mol. The van der Waals surface area contributed by atoms with Crippen LogP contribution in [0.4, 0.5) is 0 Å². The largest absolute Gasteiger partial charge is 0.496 e. The number of benzene rings is 8. The van der Waals surface area contributed by atoms with Gasteiger partial charge in [0, 0.05) is 34.1 Å². The van der Waals surface area contributed by atoms with Crippen LogP contribution < -0.4 is 9.47 Å². The number of methoxy groups -OCH3 is 2. The topological polar surface area (TPSA) is 18.5 Å². The summed E-state index contributed by atoms with van der Waals surface area (Å²) in [5, 5.41) is 4.75. The van der Waals surface area contributed by atoms with Gasteiger partial charge in [-0.3, -0.25) is 0 Å². The fraction of sp³-hybridized carbons (Fsp3) is 0.0833. The maximum absolute atomic E-state index is 6.72. The Labute approximate surface area is 292 Å². The third-order valence-electron chi connectivity index (χ3n) is 11.0. The van der Waals surface area contributed by atoms with E-state index in [9.17, 15) is 0 Å². The lowest BCUT2D eigenvalue weighted by atomic mass is 9.81. The molecule has 0 saturated carbocycles. The van der Waals surface area contributed by atoms with Crippen LogP contribution in [0.5, 0.6) is 11.5 Å². The number of ether oxygens (including phenoxy) is 2. The second kappa shape index (κ2) is 11.2. The zero-order valence-corrected chi connectivity index (χ0v) is 28.0. The van der Waals surface area contributed by atoms with E-state index in [1.165, 1.54) is 66.4 Å². The van der Waals surface area contributed by atoms with E-state index < -0.39 is 0 Å². The molecular weight excluding hydrogens is 609 g/mol. The molecule has 0 saturated heterocycles. The van der Waals surface area contributed by atoms with Gasteiger partial charge in [0.2, 0.25) is 0 Å². The van der Waals surface area contributed by atoms with Gasteiger partial charge in [-0.25, -0.2) is 0 Å². The smallest absolute Gasteiger partial charge is 0.132 e. The van der Waals surface area contributed by atoms with Gasteiger partial charge in [0.1, 0.15) is 11.5 Å². The minimum Gasteiger partial charge on any atom is -0.496 e. The first-order valence-corrected chi connectivity index (χ1v) is 17.3. The van der Waals surface area contributed by atoms with Crippen LogP contribution in [0.2, 0.25) is 0 Å². The molecule has 0 aliphatic heterocycles. The predicted octanol–water partition coefficient (Wildman–Crippen LogP) is 12.0. The van der Waals surface area contributed by atoms with Gasteiger partial charge in [-0.15, -0.1) is 0 Å². The van der Waals surface area contributed by atoms with Crippen LogP contribution in [0.1, 0.15) is 45.2 Å².